The fourth-order valence-corrected chi connectivity index (χ4v) is 2.25. The molecule has 1 heterocycles. The molecular formula is C14H18N4O3. The largest absolute Gasteiger partial charge is 0.379 e. The molecule has 112 valence electrons. The van der Waals surface area contributed by atoms with Crippen molar-refractivity contribution in [2.24, 2.45) is 0 Å². The first-order valence-electron chi connectivity index (χ1n) is 6.84. The number of nitro groups is 1. The number of hydrogen-bond donors (Lipinski definition) is 1. The van der Waals surface area contributed by atoms with Crippen LogP contribution in [0.1, 0.15) is 19.4 Å². The summed E-state index contributed by atoms with van der Waals surface area (Å²) in [4.78, 5) is 22.8. The van der Waals surface area contributed by atoms with Crippen LogP contribution in [0, 0.1) is 10.1 Å². The van der Waals surface area contributed by atoms with E-state index in [4.69, 9.17) is 0 Å². The predicted molar refractivity (Wildman–Crippen MR) is 80.7 cm³/mol. The number of imidazole rings is 1. The molecule has 0 spiro atoms. The van der Waals surface area contributed by atoms with Gasteiger partial charge in [0, 0.05) is 37.1 Å². The molecule has 0 radical (unpaired) electrons. The average Bonchev–Trinajstić information content (AvgIpc) is 2.81. The van der Waals surface area contributed by atoms with Crippen LogP contribution in [0.3, 0.4) is 0 Å². The van der Waals surface area contributed by atoms with Crippen molar-refractivity contribution in [1.29, 1.82) is 0 Å². The Morgan fingerprint density at radius 3 is 2.52 bits per heavy atom. The van der Waals surface area contributed by atoms with Crippen LogP contribution in [0.2, 0.25) is 0 Å². The van der Waals surface area contributed by atoms with Gasteiger partial charge in [-0.3, -0.25) is 19.2 Å². The van der Waals surface area contributed by atoms with E-state index in [2.05, 4.69) is 5.32 Å². The third-order valence-corrected chi connectivity index (χ3v) is 3.28. The normalized spacial score (nSPS) is 10.6. The third-order valence-electron chi connectivity index (χ3n) is 3.28. The summed E-state index contributed by atoms with van der Waals surface area (Å²) in [5.74, 6) is 0. The molecular weight excluding hydrogens is 272 g/mol. The molecule has 0 saturated heterocycles. The third kappa shape index (κ3) is 2.96. The molecule has 2 rings (SSSR count). The van der Waals surface area contributed by atoms with Gasteiger partial charge in [-0.05, 0) is 13.8 Å². The van der Waals surface area contributed by atoms with Crippen LogP contribution in [0.25, 0.3) is 0 Å². The number of aromatic nitrogens is 2. The maximum Gasteiger partial charge on any atom is 0.328 e. The fraction of sp³-hybridized carbons (Fsp3) is 0.357. The van der Waals surface area contributed by atoms with Crippen molar-refractivity contribution in [3.63, 3.8) is 0 Å². The van der Waals surface area contributed by atoms with Gasteiger partial charge in [-0.2, -0.15) is 0 Å². The summed E-state index contributed by atoms with van der Waals surface area (Å²) in [5.41, 5.74) is 1.10. The van der Waals surface area contributed by atoms with Crippen molar-refractivity contribution >= 4 is 11.4 Å². The van der Waals surface area contributed by atoms with Crippen molar-refractivity contribution in [1.82, 2.24) is 9.13 Å². The number of benzene rings is 1. The number of para-hydroxylation sites is 1. The Labute approximate surface area is 122 Å². The number of rotatable bonds is 6. The highest BCUT2D eigenvalue weighted by atomic mass is 16.6. The van der Waals surface area contributed by atoms with Crippen molar-refractivity contribution in [3.8, 4) is 0 Å². The fourth-order valence-electron chi connectivity index (χ4n) is 2.25. The molecule has 0 amide bonds. The van der Waals surface area contributed by atoms with Crippen molar-refractivity contribution < 1.29 is 4.92 Å². The minimum absolute atomic E-state index is 0.0253. The average molecular weight is 290 g/mol. The molecule has 0 bridgehead atoms. The van der Waals surface area contributed by atoms with Crippen molar-refractivity contribution in [3.05, 3.63) is 56.8 Å². The number of aryl methyl sites for hydroxylation is 1. The van der Waals surface area contributed by atoms with E-state index in [9.17, 15) is 14.9 Å². The van der Waals surface area contributed by atoms with Gasteiger partial charge in [0.05, 0.1) is 11.5 Å². The molecule has 0 unspecified atom stereocenters. The molecule has 21 heavy (non-hydrogen) atoms. The van der Waals surface area contributed by atoms with E-state index >= 15 is 0 Å². The van der Waals surface area contributed by atoms with Crippen LogP contribution < -0.4 is 11.0 Å². The highest BCUT2D eigenvalue weighted by Crippen LogP contribution is 2.28. The smallest absolute Gasteiger partial charge is 0.328 e. The quantitative estimate of drug-likeness (QED) is 0.652. The number of nitro benzene ring substituents is 1. The lowest BCUT2D eigenvalue weighted by molar-refractivity contribution is -0.384. The van der Waals surface area contributed by atoms with E-state index in [0.717, 1.165) is 5.56 Å². The Balaban J connectivity index is 2.43. The van der Waals surface area contributed by atoms with E-state index in [1.54, 1.807) is 33.7 Å². The highest BCUT2D eigenvalue weighted by Gasteiger charge is 2.17. The molecule has 0 aliphatic heterocycles. The van der Waals surface area contributed by atoms with Crippen LogP contribution >= 0.6 is 0 Å². The molecule has 0 saturated carbocycles. The maximum absolute atomic E-state index is 12.1. The Kier molecular flexibility index (Phi) is 4.42. The zero-order valence-corrected chi connectivity index (χ0v) is 12.1. The molecule has 7 heteroatoms. The molecule has 0 atom stereocenters. The Morgan fingerprint density at radius 2 is 1.95 bits per heavy atom. The minimum atomic E-state index is -0.415. The van der Waals surface area contributed by atoms with E-state index in [1.807, 2.05) is 13.8 Å². The lowest BCUT2D eigenvalue weighted by atomic mass is 10.1. The van der Waals surface area contributed by atoms with Crippen LogP contribution in [0.5, 0.6) is 0 Å². The van der Waals surface area contributed by atoms with Gasteiger partial charge < -0.3 is 5.32 Å². The first-order chi connectivity index (χ1) is 10.1. The molecule has 1 aromatic heterocycles. The maximum atomic E-state index is 12.1. The van der Waals surface area contributed by atoms with Crippen molar-refractivity contribution in [2.45, 2.75) is 26.9 Å². The van der Waals surface area contributed by atoms with Gasteiger partial charge in [0.1, 0.15) is 5.69 Å². The predicted octanol–water partition coefficient (Wildman–Crippen LogP) is 2.06. The van der Waals surface area contributed by atoms with Gasteiger partial charge in [0.25, 0.3) is 5.69 Å². The molecule has 1 aromatic carbocycles. The standard InChI is InChI=1S/C14H18N4O3/c1-3-15-13-11(6-5-7-12(13)18(20)21)10-17-9-8-16(4-2)14(17)19/h5-9,15H,3-4,10H2,1-2H3. The minimum Gasteiger partial charge on any atom is -0.379 e. The topological polar surface area (TPSA) is 82.1 Å². The highest BCUT2D eigenvalue weighted by molar-refractivity contribution is 5.66. The first-order valence-corrected chi connectivity index (χ1v) is 6.84. The molecule has 0 fully saturated rings. The Bertz CT molecular complexity index is 702. The van der Waals surface area contributed by atoms with Gasteiger partial charge in [-0.1, -0.05) is 12.1 Å². The van der Waals surface area contributed by atoms with E-state index in [-0.39, 0.29) is 11.4 Å². The van der Waals surface area contributed by atoms with Gasteiger partial charge in [-0.25, -0.2) is 4.79 Å². The van der Waals surface area contributed by atoms with Gasteiger partial charge in [0.15, 0.2) is 0 Å². The lowest BCUT2D eigenvalue weighted by Gasteiger charge is -2.11. The summed E-state index contributed by atoms with van der Waals surface area (Å²) in [6.45, 7) is 5.24. The van der Waals surface area contributed by atoms with Crippen molar-refractivity contribution in [2.75, 3.05) is 11.9 Å². The molecule has 7 nitrogen and oxygen atoms in total. The second-order valence-corrected chi connectivity index (χ2v) is 4.59. The molecule has 0 aliphatic rings. The zero-order chi connectivity index (χ0) is 15.4. The lowest BCUT2D eigenvalue weighted by Crippen LogP contribution is -2.24. The van der Waals surface area contributed by atoms with Gasteiger partial charge >= 0.3 is 5.69 Å². The zero-order valence-electron chi connectivity index (χ0n) is 12.1. The number of anilines is 1. The Hall–Kier alpha value is -2.57. The van der Waals surface area contributed by atoms with Crippen LogP contribution in [-0.4, -0.2) is 20.6 Å². The summed E-state index contributed by atoms with van der Waals surface area (Å²) < 4.78 is 3.13. The van der Waals surface area contributed by atoms with Crippen LogP contribution in [0.15, 0.2) is 35.4 Å². The summed E-state index contributed by atoms with van der Waals surface area (Å²) in [7, 11) is 0. The van der Waals surface area contributed by atoms with Gasteiger partial charge in [0.2, 0.25) is 0 Å². The van der Waals surface area contributed by atoms with E-state index in [1.165, 1.54) is 6.07 Å². The second-order valence-electron chi connectivity index (χ2n) is 4.59. The van der Waals surface area contributed by atoms with Gasteiger partial charge in [-0.15, -0.1) is 0 Å². The van der Waals surface area contributed by atoms with E-state index < -0.39 is 4.92 Å². The molecule has 2 aromatic rings. The molecule has 1 N–H and O–H groups in total. The summed E-state index contributed by atoms with van der Waals surface area (Å²) in [6, 6.07) is 4.89. The number of nitrogens with one attached hydrogen (secondary N) is 1. The Morgan fingerprint density at radius 1 is 1.24 bits per heavy atom. The second kappa shape index (κ2) is 6.25. The van der Waals surface area contributed by atoms with Crippen LogP contribution in [0.4, 0.5) is 11.4 Å². The summed E-state index contributed by atoms with van der Waals surface area (Å²) in [5, 5.41) is 14.1. The monoisotopic (exact) mass is 290 g/mol. The van der Waals surface area contributed by atoms with E-state index in [0.29, 0.717) is 25.3 Å². The number of hydrogen-bond acceptors (Lipinski definition) is 4. The summed E-state index contributed by atoms with van der Waals surface area (Å²) in [6.07, 6.45) is 3.41. The number of nitrogens with zero attached hydrogens (tertiary/aromatic N) is 3. The summed E-state index contributed by atoms with van der Waals surface area (Å²) >= 11 is 0. The van der Waals surface area contributed by atoms with Crippen LogP contribution in [-0.2, 0) is 13.1 Å². The molecule has 0 aliphatic carbocycles. The SMILES string of the molecule is CCNc1c(Cn2ccn(CC)c2=O)cccc1[N+](=O)[O-]. The first kappa shape index (κ1) is 14.8.